The maximum absolute atomic E-state index is 12.5. The number of carbonyl (C=O) groups is 2. The molecule has 1 aromatic heterocycles. The van der Waals surface area contributed by atoms with Crippen LogP contribution in [0.3, 0.4) is 0 Å². The number of para-hydroxylation sites is 1. The Balaban J connectivity index is 1.60. The number of nitrogens with zero attached hydrogens (tertiary/aromatic N) is 1. The summed E-state index contributed by atoms with van der Waals surface area (Å²) in [7, 11) is 1.78. The van der Waals surface area contributed by atoms with Gasteiger partial charge in [0.15, 0.2) is 0 Å². The lowest BCUT2D eigenvalue weighted by molar-refractivity contribution is -0.145. The normalized spacial score (nSPS) is 21.3. The van der Waals surface area contributed by atoms with Gasteiger partial charge in [-0.05, 0) is 37.8 Å². The van der Waals surface area contributed by atoms with Gasteiger partial charge in [-0.25, -0.2) is 0 Å². The van der Waals surface area contributed by atoms with E-state index in [1.54, 1.807) is 11.9 Å². The number of carboxylic acid groups (broad SMARTS) is 1. The summed E-state index contributed by atoms with van der Waals surface area (Å²) in [5, 5.41) is 10.1. The molecule has 0 bridgehead atoms. The third kappa shape index (κ3) is 3.38. The Morgan fingerprint density at radius 3 is 2.48 bits per heavy atom. The minimum atomic E-state index is -0.744. The van der Waals surface area contributed by atoms with Crippen LogP contribution in [0, 0.1) is 11.8 Å². The summed E-state index contributed by atoms with van der Waals surface area (Å²) in [6.45, 7) is 0.437. The lowest BCUT2D eigenvalue weighted by Crippen LogP contribution is -2.35. The largest absolute Gasteiger partial charge is 0.481 e. The molecule has 122 valence electrons. The van der Waals surface area contributed by atoms with E-state index in [0.717, 1.165) is 16.7 Å². The number of furan rings is 1. The van der Waals surface area contributed by atoms with E-state index in [1.807, 2.05) is 30.3 Å². The maximum atomic E-state index is 12.5. The van der Waals surface area contributed by atoms with Crippen LogP contribution < -0.4 is 0 Å². The SMILES string of the molecule is CN(Cc1cc2ccccc2o1)C(=O)C1CCC(C(=O)O)CC1. The molecule has 1 saturated carbocycles. The quantitative estimate of drug-likeness (QED) is 0.940. The predicted octanol–water partition coefficient (Wildman–Crippen LogP) is 3.28. The van der Waals surface area contributed by atoms with Crippen LogP contribution in [0.15, 0.2) is 34.7 Å². The van der Waals surface area contributed by atoms with Crippen molar-refractivity contribution in [1.29, 1.82) is 0 Å². The molecule has 23 heavy (non-hydrogen) atoms. The summed E-state index contributed by atoms with van der Waals surface area (Å²) in [5.41, 5.74) is 0.824. The second-order valence-corrected chi connectivity index (χ2v) is 6.33. The van der Waals surface area contributed by atoms with Crippen molar-refractivity contribution in [1.82, 2.24) is 4.90 Å². The Labute approximate surface area is 134 Å². The Kier molecular flexibility index (Phi) is 4.37. The average molecular weight is 315 g/mol. The summed E-state index contributed by atoms with van der Waals surface area (Å²) < 4.78 is 5.75. The first kappa shape index (κ1) is 15.6. The number of rotatable bonds is 4. The molecule has 5 nitrogen and oxygen atoms in total. The number of carboxylic acids is 1. The topological polar surface area (TPSA) is 70.8 Å². The smallest absolute Gasteiger partial charge is 0.306 e. The zero-order valence-corrected chi connectivity index (χ0v) is 13.2. The van der Waals surface area contributed by atoms with Crippen molar-refractivity contribution < 1.29 is 19.1 Å². The van der Waals surface area contributed by atoms with Gasteiger partial charge in [-0.15, -0.1) is 0 Å². The lowest BCUT2D eigenvalue weighted by Gasteiger charge is -2.28. The molecular weight excluding hydrogens is 294 g/mol. The Bertz CT molecular complexity index is 680. The highest BCUT2D eigenvalue weighted by Crippen LogP contribution is 2.30. The van der Waals surface area contributed by atoms with Crippen molar-refractivity contribution in [3.8, 4) is 0 Å². The molecule has 0 saturated heterocycles. The molecular formula is C18H21NO4. The van der Waals surface area contributed by atoms with E-state index in [0.29, 0.717) is 32.2 Å². The van der Waals surface area contributed by atoms with Gasteiger partial charge in [0, 0.05) is 18.4 Å². The molecule has 0 unspecified atom stereocenters. The molecule has 0 atom stereocenters. The molecule has 1 aromatic carbocycles. The van der Waals surface area contributed by atoms with Crippen molar-refractivity contribution in [2.45, 2.75) is 32.2 Å². The minimum Gasteiger partial charge on any atom is -0.481 e. The van der Waals surface area contributed by atoms with Gasteiger partial charge >= 0.3 is 5.97 Å². The number of benzene rings is 1. The molecule has 1 heterocycles. The number of carbonyl (C=O) groups excluding carboxylic acids is 1. The number of amides is 1. The van der Waals surface area contributed by atoms with Crippen LogP contribution in [0.4, 0.5) is 0 Å². The minimum absolute atomic E-state index is 0.0695. The number of hydrogen-bond acceptors (Lipinski definition) is 3. The molecule has 1 fully saturated rings. The van der Waals surface area contributed by atoms with Gasteiger partial charge < -0.3 is 14.4 Å². The van der Waals surface area contributed by atoms with Gasteiger partial charge in [0.2, 0.25) is 5.91 Å². The van der Waals surface area contributed by atoms with E-state index in [9.17, 15) is 9.59 Å². The van der Waals surface area contributed by atoms with Crippen LogP contribution in [0.5, 0.6) is 0 Å². The van der Waals surface area contributed by atoms with Gasteiger partial charge in [-0.1, -0.05) is 18.2 Å². The highest BCUT2D eigenvalue weighted by molar-refractivity contribution is 5.80. The molecule has 1 N–H and O–H groups in total. The molecule has 0 aliphatic heterocycles. The Morgan fingerprint density at radius 2 is 1.83 bits per heavy atom. The van der Waals surface area contributed by atoms with Gasteiger partial charge in [-0.2, -0.15) is 0 Å². The molecule has 2 aromatic rings. The first-order valence-corrected chi connectivity index (χ1v) is 8.00. The van der Waals surface area contributed by atoms with Crippen molar-refractivity contribution in [2.75, 3.05) is 7.05 Å². The Morgan fingerprint density at radius 1 is 1.17 bits per heavy atom. The van der Waals surface area contributed by atoms with Crippen molar-refractivity contribution >= 4 is 22.8 Å². The molecule has 5 heteroatoms. The van der Waals surface area contributed by atoms with E-state index in [1.165, 1.54) is 0 Å². The zero-order valence-electron chi connectivity index (χ0n) is 13.2. The summed E-state index contributed by atoms with van der Waals surface area (Å²) >= 11 is 0. The molecule has 0 spiro atoms. The number of hydrogen-bond donors (Lipinski definition) is 1. The summed E-state index contributed by atoms with van der Waals surface area (Å²) in [6.07, 6.45) is 2.48. The van der Waals surface area contributed by atoms with Gasteiger partial charge in [-0.3, -0.25) is 9.59 Å². The van der Waals surface area contributed by atoms with Crippen LogP contribution >= 0.6 is 0 Å². The fourth-order valence-electron chi connectivity index (χ4n) is 3.33. The zero-order chi connectivity index (χ0) is 16.4. The maximum Gasteiger partial charge on any atom is 0.306 e. The summed E-state index contributed by atoms with van der Waals surface area (Å²) in [4.78, 5) is 25.2. The fraction of sp³-hybridized carbons (Fsp3) is 0.444. The van der Waals surface area contributed by atoms with Crippen LogP contribution in [-0.2, 0) is 16.1 Å². The van der Waals surface area contributed by atoms with Crippen molar-refractivity contribution in [3.63, 3.8) is 0 Å². The first-order valence-electron chi connectivity index (χ1n) is 8.00. The Hall–Kier alpha value is -2.30. The lowest BCUT2D eigenvalue weighted by atomic mass is 9.81. The fourth-order valence-corrected chi connectivity index (χ4v) is 3.33. The second kappa shape index (κ2) is 6.44. The highest BCUT2D eigenvalue weighted by Gasteiger charge is 2.31. The second-order valence-electron chi connectivity index (χ2n) is 6.33. The molecule has 1 aliphatic rings. The van der Waals surface area contributed by atoms with Crippen LogP contribution in [0.2, 0.25) is 0 Å². The van der Waals surface area contributed by atoms with Crippen molar-refractivity contribution in [2.24, 2.45) is 11.8 Å². The highest BCUT2D eigenvalue weighted by atomic mass is 16.4. The van der Waals surface area contributed by atoms with Crippen LogP contribution in [0.25, 0.3) is 11.0 Å². The molecule has 1 amide bonds. The van der Waals surface area contributed by atoms with E-state index in [4.69, 9.17) is 9.52 Å². The van der Waals surface area contributed by atoms with Gasteiger partial charge in [0.05, 0.1) is 12.5 Å². The third-order valence-corrected chi connectivity index (χ3v) is 4.67. The summed E-state index contributed by atoms with van der Waals surface area (Å²) in [5.74, 6) is -0.262. The number of fused-ring (bicyclic) bond motifs is 1. The third-order valence-electron chi connectivity index (χ3n) is 4.67. The van der Waals surface area contributed by atoms with Crippen LogP contribution in [0.1, 0.15) is 31.4 Å². The van der Waals surface area contributed by atoms with E-state index < -0.39 is 5.97 Å². The predicted molar refractivity (Wildman–Crippen MR) is 85.8 cm³/mol. The van der Waals surface area contributed by atoms with E-state index >= 15 is 0 Å². The number of aliphatic carboxylic acids is 1. The van der Waals surface area contributed by atoms with E-state index in [2.05, 4.69) is 0 Å². The first-order chi connectivity index (χ1) is 11.0. The van der Waals surface area contributed by atoms with Gasteiger partial charge in [0.25, 0.3) is 0 Å². The summed E-state index contributed by atoms with van der Waals surface area (Å²) in [6, 6.07) is 9.73. The van der Waals surface area contributed by atoms with Crippen LogP contribution in [-0.4, -0.2) is 28.9 Å². The molecule has 3 rings (SSSR count). The standard InChI is InChI=1S/C18H21NO4/c1-19(11-15-10-14-4-2-3-5-16(14)23-15)17(20)12-6-8-13(9-7-12)18(21)22/h2-5,10,12-13H,6-9,11H2,1H3,(H,21,22). The van der Waals surface area contributed by atoms with Gasteiger partial charge in [0.1, 0.15) is 11.3 Å². The van der Waals surface area contributed by atoms with E-state index in [-0.39, 0.29) is 17.7 Å². The molecule has 0 radical (unpaired) electrons. The molecule has 1 aliphatic carbocycles. The monoisotopic (exact) mass is 315 g/mol. The average Bonchev–Trinajstić information content (AvgIpc) is 2.96. The van der Waals surface area contributed by atoms with Crippen molar-refractivity contribution in [3.05, 3.63) is 36.1 Å².